The predicted octanol–water partition coefficient (Wildman–Crippen LogP) is 4.63. The first-order valence-electron chi connectivity index (χ1n) is 8.13. The Morgan fingerprint density at radius 2 is 2.00 bits per heavy atom. The Labute approximate surface area is 154 Å². The Bertz CT molecular complexity index is 1080. The van der Waals surface area contributed by atoms with Crippen LogP contribution in [0.1, 0.15) is 16.1 Å². The number of imidazole rings is 1. The fraction of sp³-hybridized carbons (Fsp3) is 0.100. The molecule has 0 saturated carbocycles. The van der Waals surface area contributed by atoms with Crippen LogP contribution in [0.15, 0.2) is 60.1 Å². The normalized spacial score (nSPS) is 10.8. The molecule has 0 aliphatic rings. The van der Waals surface area contributed by atoms with E-state index < -0.39 is 0 Å². The van der Waals surface area contributed by atoms with E-state index in [4.69, 9.17) is 4.74 Å². The molecule has 0 unspecified atom stereocenters. The lowest BCUT2D eigenvalue weighted by Gasteiger charge is -2.06. The highest BCUT2D eigenvalue weighted by atomic mass is 32.1. The third kappa shape index (κ3) is 3.07. The van der Waals surface area contributed by atoms with E-state index in [9.17, 15) is 4.79 Å². The van der Waals surface area contributed by atoms with Gasteiger partial charge in [0.25, 0.3) is 5.91 Å². The molecule has 0 atom stereocenters. The standard InChI is InChI=1S/C20H17N3O2S/c1-13-6-8-14(9-7-13)17-11-23-18(12-26-20(23)22-17)19(24)21-15-4-3-5-16(10-15)25-2/h3-12H,1-2H3,(H,21,24). The molecule has 26 heavy (non-hydrogen) atoms. The predicted molar refractivity (Wildman–Crippen MR) is 104 cm³/mol. The molecule has 0 aliphatic carbocycles. The highest BCUT2D eigenvalue weighted by Crippen LogP contribution is 2.25. The highest BCUT2D eigenvalue weighted by Gasteiger charge is 2.15. The largest absolute Gasteiger partial charge is 0.497 e. The smallest absolute Gasteiger partial charge is 0.273 e. The number of fused-ring (bicyclic) bond motifs is 1. The third-order valence-electron chi connectivity index (χ3n) is 4.12. The number of aryl methyl sites for hydroxylation is 1. The van der Waals surface area contributed by atoms with Gasteiger partial charge in [0, 0.05) is 28.9 Å². The number of rotatable bonds is 4. The first-order valence-corrected chi connectivity index (χ1v) is 9.01. The van der Waals surface area contributed by atoms with Crippen molar-refractivity contribution in [2.45, 2.75) is 6.92 Å². The number of aromatic nitrogens is 2. The summed E-state index contributed by atoms with van der Waals surface area (Å²) in [5.74, 6) is 0.514. The average molecular weight is 363 g/mol. The zero-order chi connectivity index (χ0) is 18.1. The van der Waals surface area contributed by atoms with Crippen molar-refractivity contribution in [2.24, 2.45) is 0 Å². The van der Waals surface area contributed by atoms with Gasteiger partial charge >= 0.3 is 0 Å². The number of carbonyl (C=O) groups is 1. The van der Waals surface area contributed by atoms with Crippen molar-refractivity contribution in [2.75, 3.05) is 12.4 Å². The summed E-state index contributed by atoms with van der Waals surface area (Å²) in [5.41, 5.74) is 4.33. The van der Waals surface area contributed by atoms with Crippen LogP contribution in [0.2, 0.25) is 0 Å². The SMILES string of the molecule is COc1cccc(NC(=O)c2csc3nc(-c4ccc(C)cc4)cn23)c1. The number of benzene rings is 2. The van der Waals surface area contributed by atoms with Crippen molar-refractivity contribution >= 4 is 27.9 Å². The van der Waals surface area contributed by atoms with E-state index in [2.05, 4.69) is 29.4 Å². The van der Waals surface area contributed by atoms with Gasteiger partial charge in [0.15, 0.2) is 4.96 Å². The molecule has 0 fully saturated rings. The van der Waals surface area contributed by atoms with Crippen LogP contribution < -0.4 is 10.1 Å². The van der Waals surface area contributed by atoms with Gasteiger partial charge < -0.3 is 10.1 Å². The molecule has 1 amide bonds. The summed E-state index contributed by atoms with van der Waals surface area (Å²) >= 11 is 1.45. The number of amides is 1. The third-order valence-corrected chi connectivity index (χ3v) is 4.96. The summed E-state index contributed by atoms with van der Waals surface area (Å²) in [6.07, 6.45) is 1.90. The molecule has 0 radical (unpaired) electrons. The summed E-state index contributed by atoms with van der Waals surface area (Å²) in [6.45, 7) is 2.05. The zero-order valence-electron chi connectivity index (χ0n) is 14.4. The molecule has 6 heteroatoms. The number of methoxy groups -OCH3 is 1. The maximum atomic E-state index is 12.7. The second-order valence-corrected chi connectivity index (χ2v) is 6.79. The van der Waals surface area contributed by atoms with Crippen LogP contribution in [0.4, 0.5) is 5.69 Å². The number of hydrogen-bond acceptors (Lipinski definition) is 4. The molecule has 4 aromatic rings. The van der Waals surface area contributed by atoms with Crippen molar-refractivity contribution in [3.05, 3.63) is 71.4 Å². The molecule has 130 valence electrons. The van der Waals surface area contributed by atoms with E-state index >= 15 is 0 Å². The molecule has 0 bridgehead atoms. The number of anilines is 1. The van der Waals surface area contributed by atoms with Crippen LogP contribution >= 0.6 is 11.3 Å². The Morgan fingerprint density at radius 1 is 1.19 bits per heavy atom. The van der Waals surface area contributed by atoms with E-state index in [0.717, 1.165) is 16.2 Å². The molecule has 2 aromatic heterocycles. The lowest BCUT2D eigenvalue weighted by molar-refractivity contribution is 0.102. The van der Waals surface area contributed by atoms with E-state index in [1.807, 2.05) is 46.3 Å². The van der Waals surface area contributed by atoms with Gasteiger partial charge in [-0.2, -0.15) is 0 Å². The van der Waals surface area contributed by atoms with Gasteiger partial charge in [-0.15, -0.1) is 11.3 Å². The van der Waals surface area contributed by atoms with Crippen molar-refractivity contribution in [1.29, 1.82) is 0 Å². The van der Waals surface area contributed by atoms with Gasteiger partial charge in [0.1, 0.15) is 11.4 Å². The van der Waals surface area contributed by atoms with Crippen LogP contribution in [0.5, 0.6) is 5.75 Å². The second kappa shape index (κ2) is 6.65. The minimum Gasteiger partial charge on any atom is -0.497 e. The van der Waals surface area contributed by atoms with Crippen LogP contribution in [0, 0.1) is 6.92 Å². The Hall–Kier alpha value is -3.12. The molecule has 0 aliphatic heterocycles. The molecule has 0 spiro atoms. The topological polar surface area (TPSA) is 55.6 Å². The van der Waals surface area contributed by atoms with Gasteiger partial charge in [-0.25, -0.2) is 4.98 Å². The van der Waals surface area contributed by atoms with Crippen molar-refractivity contribution in [3.8, 4) is 17.0 Å². The number of thiazole rings is 1. The zero-order valence-corrected chi connectivity index (χ0v) is 15.2. The van der Waals surface area contributed by atoms with Crippen LogP contribution in [0.3, 0.4) is 0 Å². The average Bonchev–Trinajstić information content (AvgIpc) is 3.23. The highest BCUT2D eigenvalue weighted by molar-refractivity contribution is 7.15. The van der Waals surface area contributed by atoms with Gasteiger partial charge in [-0.3, -0.25) is 9.20 Å². The van der Waals surface area contributed by atoms with Crippen LogP contribution in [-0.2, 0) is 0 Å². The minimum atomic E-state index is -0.183. The van der Waals surface area contributed by atoms with Crippen LogP contribution in [0.25, 0.3) is 16.2 Å². The first-order chi connectivity index (χ1) is 12.6. The van der Waals surface area contributed by atoms with E-state index in [-0.39, 0.29) is 5.91 Å². The Balaban J connectivity index is 1.64. The maximum Gasteiger partial charge on any atom is 0.273 e. The summed E-state index contributed by atoms with van der Waals surface area (Å²) in [5, 5.41) is 4.72. The second-order valence-electron chi connectivity index (χ2n) is 5.95. The van der Waals surface area contributed by atoms with Gasteiger partial charge in [-0.05, 0) is 19.1 Å². The van der Waals surface area contributed by atoms with Crippen molar-refractivity contribution < 1.29 is 9.53 Å². The minimum absolute atomic E-state index is 0.183. The Morgan fingerprint density at radius 3 is 2.77 bits per heavy atom. The number of ether oxygens (including phenoxy) is 1. The van der Waals surface area contributed by atoms with E-state index in [1.165, 1.54) is 16.9 Å². The maximum absolute atomic E-state index is 12.7. The number of hydrogen-bond donors (Lipinski definition) is 1. The van der Waals surface area contributed by atoms with Crippen LogP contribution in [-0.4, -0.2) is 22.4 Å². The molecule has 5 nitrogen and oxygen atoms in total. The lowest BCUT2D eigenvalue weighted by Crippen LogP contribution is -2.13. The molecule has 1 N–H and O–H groups in total. The van der Waals surface area contributed by atoms with Crippen molar-refractivity contribution in [1.82, 2.24) is 9.38 Å². The summed E-state index contributed by atoms with van der Waals surface area (Å²) in [6, 6.07) is 15.5. The number of nitrogens with one attached hydrogen (secondary N) is 1. The fourth-order valence-corrected chi connectivity index (χ4v) is 3.56. The first kappa shape index (κ1) is 16.4. The number of carbonyl (C=O) groups excluding carboxylic acids is 1. The summed E-state index contributed by atoms with van der Waals surface area (Å²) < 4.78 is 7.02. The van der Waals surface area contributed by atoms with E-state index in [1.54, 1.807) is 13.2 Å². The molecule has 2 aromatic carbocycles. The summed E-state index contributed by atoms with van der Waals surface area (Å²) in [4.78, 5) is 18.1. The fourth-order valence-electron chi connectivity index (χ4n) is 2.71. The van der Waals surface area contributed by atoms with Gasteiger partial charge in [0.05, 0.1) is 12.8 Å². The van der Waals surface area contributed by atoms with E-state index in [0.29, 0.717) is 17.1 Å². The van der Waals surface area contributed by atoms with Crippen molar-refractivity contribution in [3.63, 3.8) is 0 Å². The molecule has 0 saturated heterocycles. The summed E-state index contributed by atoms with van der Waals surface area (Å²) in [7, 11) is 1.60. The molecule has 2 heterocycles. The Kier molecular flexibility index (Phi) is 4.18. The monoisotopic (exact) mass is 363 g/mol. The molecular formula is C20H17N3O2S. The lowest BCUT2D eigenvalue weighted by atomic mass is 10.1. The molecule has 4 rings (SSSR count). The van der Waals surface area contributed by atoms with Gasteiger partial charge in [-0.1, -0.05) is 35.9 Å². The number of nitrogens with zero attached hydrogens (tertiary/aromatic N) is 2. The van der Waals surface area contributed by atoms with Gasteiger partial charge in [0.2, 0.25) is 0 Å². The quantitative estimate of drug-likeness (QED) is 0.575. The molecular weight excluding hydrogens is 346 g/mol.